The Balaban J connectivity index is 3.97. The summed E-state index contributed by atoms with van der Waals surface area (Å²) in [5.74, 6) is -0.235. The van der Waals surface area contributed by atoms with Crippen LogP contribution in [0.5, 0.6) is 0 Å². The van der Waals surface area contributed by atoms with E-state index in [9.17, 15) is 9.59 Å². The molecule has 1 unspecified atom stereocenters. The number of likely N-dealkylation sites (N-methyl/N-ethyl adjacent to an activating group) is 1. The number of carboxylic acid groups (broad SMARTS) is 1. The molecule has 0 spiro atoms. The number of hydrogen-bond acceptors (Lipinski definition) is 3. The van der Waals surface area contributed by atoms with Gasteiger partial charge in [-0.15, -0.1) is 0 Å². The van der Waals surface area contributed by atoms with Crippen LogP contribution < -0.4 is 5.32 Å². The number of rotatable bonds is 10. The minimum atomic E-state index is -0.800. The molecule has 0 saturated carbocycles. The third-order valence-electron chi connectivity index (χ3n) is 2.75. The fourth-order valence-electron chi connectivity index (χ4n) is 2.05. The molecule has 0 fully saturated rings. The molecular weight excluding hydrogens is 244 g/mol. The van der Waals surface area contributed by atoms with E-state index in [0.29, 0.717) is 25.2 Å². The van der Waals surface area contributed by atoms with Crippen LogP contribution in [0.25, 0.3) is 0 Å². The first kappa shape index (κ1) is 17.9. The Hall–Kier alpha value is -1.10. The topological polar surface area (TPSA) is 69.6 Å². The second-order valence-electron chi connectivity index (χ2n) is 5.76. The Morgan fingerprint density at radius 3 is 2.21 bits per heavy atom. The van der Waals surface area contributed by atoms with Gasteiger partial charge in [-0.1, -0.05) is 13.8 Å². The molecule has 0 aliphatic rings. The number of carbonyl (C=O) groups is 2. The summed E-state index contributed by atoms with van der Waals surface area (Å²) in [6.07, 6.45) is 2.70. The number of carboxylic acids is 1. The van der Waals surface area contributed by atoms with Crippen molar-refractivity contribution in [1.82, 2.24) is 10.2 Å². The maximum atomic E-state index is 11.8. The summed E-state index contributed by atoms with van der Waals surface area (Å²) in [5.41, 5.74) is 0. The summed E-state index contributed by atoms with van der Waals surface area (Å²) in [6, 6.07) is 0.168. The van der Waals surface area contributed by atoms with Crippen molar-refractivity contribution in [3.8, 4) is 0 Å². The average Bonchev–Trinajstić information content (AvgIpc) is 2.22. The van der Waals surface area contributed by atoms with Crippen molar-refractivity contribution < 1.29 is 14.7 Å². The molecule has 0 radical (unpaired) electrons. The molecular formula is C14H28N2O3. The largest absolute Gasteiger partial charge is 0.481 e. The Kier molecular flexibility index (Phi) is 9.21. The Morgan fingerprint density at radius 2 is 1.74 bits per heavy atom. The van der Waals surface area contributed by atoms with Gasteiger partial charge in [0, 0.05) is 25.4 Å². The van der Waals surface area contributed by atoms with Crippen LogP contribution in [0.2, 0.25) is 0 Å². The van der Waals surface area contributed by atoms with Gasteiger partial charge in [0.15, 0.2) is 0 Å². The molecule has 1 amide bonds. The molecule has 0 aromatic heterocycles. The molecule has 0 rings (SSSR count). The molecule has 112 valence electrons. The average molecular weight is 272 g/mol. The van der Waals surface area contributed by atoms with Gasteiger partial charge in [-0.25, -0.2) is 0 Å². The fraction of sp³-hybridized carbons (Fsp3) is 0.857. The zero-order valence-electron chi connectivity index (χ0n) is 12.6. The van der Waals surface area contributed by atoms with Gasteiger partial charge in [0.2, 0.25) is 5.91 Å². The van der Waals surface area contributed by atoms with E-state index in [2.05, 4.69) is 24.1 Å². The molecule has 0 aliphatic carbocycles. The lowest BCUT2D eigenvalue weighted by Gasteiger charge is -2.24. The van der Waals surface area contributed by atoms with Crippen molar-refractivity contribution >= 4 is 11.9 Å². The Morgan fingerprint density at radius 1 is 1.16 bits per heavy atom. The predicted molar refractivity (Wildman–Crippen MR) is 76.0 cm³/mol. The van der Waals surface area contributed by atoms with Crippen LogP contribution in [0.3, 0.4) is 0 Å². The van der Waals surface area contributed by atoms with Crippen LogP contribution in [0.1, 0.15) is 46.0 Å². The van der Waals surface area contributed by atoms with Gasteiger partial charge in [0.05, 0.1) is 0 Å². The third-order valence-corrected chi connectivity index (χ3v) is 2.75. The van der Waals surface area contributed by atoms with Gasteiger partial charge < -0.3 is 15.3 Å². The first-order valence-electron chi connectivity index (χ1n) is 6.97. The van der Waals surface area contributed by atoms with Crippen LogP contribution >= 0.6 is 0 Å². The van der Waals surface area contributed by atoms with E-state index in [1.54, 1.807) is 0 Å². The summed E-state index contributed by atoms with van der Waals surface area (Å²) >= 11 is 0. The predicted octanol–water partition coefficient (Wildman–Crippen LogP) is 1.72. The molecule has 0 saturated heterocycles. The highest BCUT2D eigenvalue weighted by Crippen LogP contribution is 2.07. The summed E-state index contributed by atoms with van der Waals surface area (Å²) in [5, 5.41) is 11.6. The van der Waals surface area contributed by atoms with E-state index in [1.165, 1.54) is 0 Å². The van der Waals surface area contributed by atoms with Crippen molar-refractivity contribution in [3.63, 3.8) is 0 Å². The monoisotopic (exact) mass is 272 g/mol. The molecule has 5 nitrogen and oxygen atoms in total. The van der Waals surface area contributed by atoms with Crippen molar-refractivity contribution in [2.45, 2.75) is 52.0 Å². The number of nitrogens with one attached hydrogen (secondary N) is 1. The Labute approximate surface area is 116 Å². The smallest absolute Gasteiger partial charge is 0.303 e. The molecule has 0 aromatic carbocycles. The molecule has 1 atom stereocenters. The van der Waals surface area contributed by atoms with Crippen molar-refractivity contribution in [3.05, 3.63) is 0 Å². The van der Waals surface area contributed by atoms with E-state index in [1.807, 2.05) is 14.1 Å². The zero-order chi connectivity index (χ0) is 14.8. The van der Waals surface area contributed by atoms with E-state index < -0.39 is 5.97 Å². The van der Waals surface area contributed by atoms with E-state index >= 15 is 0 Å². The van der Waals surface area contributed by atoms with Crippen LogP contribution in [0.4, 0.5) is 0 Å². The van der Waals surface area contributed by atoms with Gasteiger partial charge in [0.25, 0.3) is 0 Å². The third kappa shape index (κ3) is 11.7. The number of unbranched alkanes of at least 4 members (excludes halogenated alkanes) is 1. The lowest BCUT2D eigenvalue weighted by atomic mass is 10.0. The van der Waals surface area contributed by atoms with Gasteiger partial charge in [0.1, 0.15) is 0 Å². The second-order valence-corrected chi connectivity index (χ2v) is 5.76. The summed E-state index contributed by atoms with van der Waals surface area (Å²) in [7, 11) is 3.98. The summed E-state index contributed by atoms with van der Waals surface area (Å²) in [4.78, 5) is 24.2. The molecule has 0 bridgehead atoms. The zero-order valence-corrected chi connectivity index (χ0v) is 12.6. The highest BCUT2D eigenvalue weighted by Gasteiger charge is 2.14. The van der Waals surface area contributed by atoms with Crippen molar-refractivity contribution in [2.75, 3.05) is 20.6 Å². The molecule has 2 N–H and O–H groups in total. The first-order chi connectivity index (χ1) is 8.81. The molecule has 0 aliphatic heterocycles. The number of amides is 1. The lowest BCUT2D eigenvalue weighted by molar-refractivity contribution is -0.137. The number of aliphatic carboxylic acids is 1. The standard InChI is InChI=1S/C14H28N2O3/c1-11(2)9-12(10-16(3)4)15-13(17)7-5-6-8-14(18)19/h11-12H,5-10H2,1-4H3,(H,15,17)(H,18,19). The highest BCUT2D eigenvalue weighted by molar-refractivity contribution is 5.76. The number of carbonyl (C=O) groups excluding carboxylic acids is 1. The normalized spacial score (nSPS) is 12.7. The van der Waals surface area contributed by atoms with Crippen molar-refractivity contribution in [1.29, 1.82) is 0 Å². The summed E-state index contributed by atoms with van der Waals surface area (Å²) < 4.78 is 0. The van der Waals surface area contributed by atoms with Gasteiger partial charge in [-0.2, -0.15) is 0 Å². The van der Waals surface area contributed by atoms with Crippen LogP contribution in [-0.2, 0) is 9.59 Å². The van der Waals surface area contributed by atoms with Crippen molar-refractivity contribution in [2.24, 2.45) is 5.92 Å². The maximum Gasteiger partial charge on any atom is 0.303 e. The number of nitrogens with zero attached hydrogens (tertiary/aromatic N) is 1. The molecule has 19 heavy (non-hydrogen) atoms. The molecule has 0 heterocycles. The van der Waals surface area contributed by atoms with Gasteiger partial charge >= 0.3 is 5.97 Å². The van der Waals surface area contributed by atoms with E-state index in [-0.39, 0.29) is 18.4 Å². The van der Waals surface area contributed by atoms with E-state index in [0.717, 1.165) is 13.0 Å². The Bertz CT molecular complexity index is 268. The van der Waals surface area contributed by atoms with Gasteiger partial charge in [-0.05, 0) is 39.3 Å². The fourth-order valence-corrected chi connectivity index (χ4v) is 2.05. The summed E-state index contributed by atoms with van der Waals surface area (Å²) in [6.45, 7) is 5.11. The number of hydrogen-bond donors (Lipinski definition) is 2. The second kappa shape index (κ2) is 9.78. The minimum Gasteiger partial charge on any atom is -0.481 e. The van der Waals surface area contributed by atoms with Crippen LogP contribution in [0.15, 0.2) is 0 Å². The molecule has 0 aromatic rings. The SMILES string of the molecule is CC(C)CC(CN(C)C)NC(=O)CCCCC(=O)O. The maximum absolute atomic E-state index is 11.8. The minimum absolute atomic E-state index is 0.0258. The van der Waals surface area contributed by atoms with Crippen LogP contribution in [-0.4, -0.2) is 48.6 Å². The van der Waals surface area contributed by atoms with Crippen LogP contribution in [0, 0.1) is 5.92 Å². The highest BCUT2D eigenvalue weighted by atomic mass is 16.4. The molecule has 5 heteroatoms. The first-order valence-corrected chi connectivity index (χ1v) is 6.97. The lowest BCUT2D eigenvalue weighted by Crippen LogP contribution is -2.42. The van der Waals surface area contributed by atoms with E-state index in [4.69, 9.17) is 5.11 Å². The quantitative estimate of drug-likeness (QED) is 0.594. The van der Waals surface area contributed by atoms with Gasteiger partial charge in [-0.3, -0.25) is 9.59 Å².